The van der Waals surface area contributed by atoms with Crippen LogP contribution in [0.2, 0.25) is 0 Å². The van der Waals surface area contributed by atoms with Gasteiger partial charge in [-0.2, -0.15) is 0 Å². The molecule has 0 saturated carbocycles. The van der Waals surface area contributed by atoms with Crippen molar-refractivity contribution >= 4 is 23.3 Å². The highest BCUT2D eigenvalue weighted by Gasteiger charge is 2.16. The van der Waals surface area contributed by atoms with Crippen molar-refractivity contribution in [3.8, 4) is 11.3 Å². The number of carbonyl (C=O) groups is 2. The topological polar surface area (TPSA) is 112 Å². The number of anilines is 1. The van der Waals surface area contributed by atoms with Gasteiger partial charge in [0.05, 0.1) is 4.92 Å². The summed E-state index contributed by atoms with van der Waals surface area (Å²) in [6.45, 7) is 1.56. The number of amides is 1. The number of nitrogens with one attached hydrogen (secondary N) is 1. The molecule has 29 heavy (non-hydrogen) atoms. The lowest BCUT2D eigenvalue weighted by Crippen LogP contribution is -2.20. The van der Waals surface area contributed by atoms with Crippen molar-refractivity contribution in [1.82, 2.24) is 0 Å². The van der Waals surface area contributed by atoms with Crippen LogP contribution < -0.4 is 5.32 Å². The highest BCUT2D eigenvalue weighted by atomic mass is 16.6. The number of non-ortho nitro benzene ring substituents is 1. The second-order valence-corrected chi connectivity index (χ2v) is 6.15. The molecule has 2 aromatic carbocycles. The van der Waals surface area contributed by atoms with E-state index in [1.807, 2.05) is 25.1 Å². The number of furan rings is 1. The predicted molar refractivity (Wildman–Crippen MR) is 106 cm³/mol. The molecule has 1 amide bonds. The van der Waals surface area contributed by atoms with Crippen LogP contribution in [0, 0.1) is 10.1 Å². The zero-order valence-corrected chi connectivity index (χ0v) is 15.6. The maximum Gasteiger partial charge on any atom is 0.374 e. The summed E-state index contributed by atoms with van der Waals surface area (Å²) in [4.78, 5) is 34.3. The largest absolute Gasteiger partial charge is 0.450 e. The first-order chi connectivity index (χ1) is 14.0. The Balaban J connectivity index is 1.57. The van der Waals surface area contributed by atoms with E-state index in [0.29, 0.717) is 17.0 Å². The zero-order valence-electron chi connectivity index (χ0n) is 15.6. The van der Waals surface area contributed by atoms with Gasteiger partial charge in [-0.3, -0.25) is 14.9 Å². The van der Waals surface area contributed by atoms with Crippen molar-refractivity contribution in [1.29, 1.82) is 0 Å². The average Bonchev–Trinajstić information content (AvgIpc) is 3.22. The normalized spacial score (nSPS) is 10.4. The molecule has 8 nitrogen and oxygen atoms in total. The number of esters is 1. The molecule has 0 fully saturated rings. The molecule has 3 aromatic rings. The molecule has 0 unspecified atom stereocenters. The van der Waals surface area contributed by atoms with Crippen LogP contribution >= 0.6 is 0 Å². The van der Waals surface area contributed by atoms with Crippen LogP contribution in [-0.4, -0.2) is 23.4 Å². The number of carbonyl (C=O) groups excluding carboxylic acids is 2. The second kappa shape index (κ2) is 8.83. The van der Waals surface area contributed by atoms with Crippen LogP contribution in [0.25, 0.3) is 11.3 Å². The molecule has 0 atom stereocenters. The van der Waals surface area contributed by atoms with Gasteiger partial charge in [0.1, 0.15) is 5.76 Å². The van der Waals surface area contributed by atoms with Crippen molar-refractivity contribution in [2.45, 2.75) is 13.3 Å². The molecule has 148 valence electrons. The number of benzene rings is 2. The molecule has 1 aromatic heterocycles. The second-order valence-electron chi connectivity index (χ2n) is 6.15. The maximum atomic E-state index is 12.1. The van der Waals surface area contributed by atoms with E-state index < -0.39 is 23.4 Å². The van der Waals surface area contributed by atoms with Crippen LogP contribution in [0.5, 0.6) is 0 Å². The van der Waals surface area contributed by atoms with E-state index in [0.717, 1.165) is 12.0 Å². The predicted octanol–water partition coefficient (Wildman–Crippen LogP) is 4.21. The highest BCUT2D eigenvalue weighted by Crippen LogP contribution is 2.24. The fraction of sp³-hybridized carbons (Fsp3) is 0.143. The molecular weight excluding hydrogens is 376 g/mol. The lowest BCUT2D eigenvalue weighted by Gasteiger charge is -2.07. The lowest BCUT2D eigenvalue weighted by molar-refractivity contribution is -0.384. The number of nitrogens with zero attached hydrogens (tertiary/aromatic N) is 1. The number of rotatable bonds is 7. The first-order valence-corrected chi connectivity index (χ1v) is 8.87. The van der Waals surface area contributed by atoms with Gasteiger partial charge >= 0.3 is 5.97 Å². The first-order valence-electron chi connectivity index (χ1n) is 8.87. The van der Waals surface area contributed by atoms with Gasteiger partial charge in [0.25, 0.3) is 11.6 Å². The quantitative estimate of drug-likeness (QED) is 0.365. The lowest BCUT2D eigenvalue weighted by atomic mass is 10.1. The fourth-order valence-corrected chi connectivity index (χ4v) is 2.62. The van der Waals surface area contributed by atoms with Crippen molar-refractivity contribution in [2.24, 2.45) is 0 Å². The minimum Gasteiger partial charge on any atom is -0.450 e. The number of hydrogen-bond donors (Lipinski definition) is 1. The first kappa shape index (κ1) is 19.8. The van der Waals surface area contributed by atoms with Crippen molar-refractivity contribution in [3.63, 3.8) is 0 Å². The van der Waals surface area contributed by atoms with Crippen LogP contribution in [0.1, 0.15) is 23.0 Å². The van der Waals surface area contributed by atoms with E-state index in [1.165, 1.54) is 30.3 Å². The number of aryl methyl sites for hydroxylation is 1. The van der Waals surface area contributed by atoms with Crippen molar-refractivity contribution < 1.29 is 23.7 Å². The average molecular weight is 394 g/mol. The third-order valence-electron chi connectivity index (χ3n) is 4.12. The number of hydrogen-bond acceptors (Lipinski definition) is 6. The van der Waals surface area contributed by atoms with Crippen LogP contribution in [0.4, 0.5) is 11.4 Å². The summed E-state index contributed by atoms with van der Waals surface area (Å²) in [5.41, 5.74) is 2.23. The van der Waals surface area contributed by atoms with Crippen LogP contribution in [-0.2, 0) is 16.0 Å². The monoisotopic (exact) mass is 394 g/mol. The molecule has 0 aliphatic rings. The number of ether oxygens (including phenoxy) is 1. The molecule has 0 bridgehead atoms. The Morgan fingerprint density at radius 1 is 1.10 bits per heavy atom. The van der Waals surface area contributed by atoms with Crippen LogP contribution in [0.15, 0.2) is 65.1 Å². The highest BCUT2D eigenvalue weighted by molar-refractivity contribution is 5.94. The maximum absolute atomic E-state index is 12.1. The smallest absolute Gasteiger partial charge is 0.374 e. The Morgan fingerprint density at radius 3 is 2.55 bits per heavy atom. The minimum absolute atomic E-state index is 0.0459. The summed E-state index contributed by atoms with van der Waals surface area (Å²) in [6, 6.07) is 16.1. The summed E-state index contributed by atoms with van der Waals surface area (Å²) >= 11 is 0. The van der Waals surface area contributed by atoms with E-state index >= 15 is 0 Å². The van der Waals surface area contributed by atoms with Gasteiger partial charge in [0.15, 0.2) is 6.61 Å². The van der Waals surface area contributed by atoms with Gasteiger partial charge in [-0.05, 0) is 48.4 Å². The van der Waals surface area contributed by atoms with Crippen LogP contribution in [0.3, 0.4) is 0 Å². The van der Waals surface area contributed by atoms with Crippen molar-refractivity contribution in [2.75, 3.05) is 11.9 Å². The van der Waals surface area contributed by atoms with E-state index in [-0.39, 0.29) is 11.4 Å². The molecule has 0 aliphatic carbocycles. The molecule has 8 heteroatoms. The van der Waals surface area contributed by atoms with Gasteiger partial charge < -0.3 is 14.5 Å². The summed E-state index contributed by atoms with van der Waals surface area (Å²) in [7, 11) is 0. The van der Waals surface area contributed by atoms with E-state index in [2.05, 4.69) is 5.32 Å². The van der Waals surface area contributed by atoms with Gasteiger partial charge in [-0.15, -0.1) is 0 Å². The SMILES string of the molecule is CCc1cccc(NC(=O)COC(=O)c2ccc(-c3ccc([N+](=O)[O-])cc3)o2)c1. The molecule has 0 aliphatic heterocycles. The Bertz CT molecular complexity index is 1040. The number of nitro benzene ring substituents is 1. The molecule has 1 N–H and O–H groups in total. The van der Waals surface area contributed by atoms with Gasteiger partial charge in [0, 0.05) is 23.4 Å². The molecular formula is C21H18N2O6. The van der Waals surface area contributed by atoms with Gasteiger partial charge in [0.2, 0.25) is 5.76 Å². The zero-order chi connectivity index (χ0) is 20.8. The molecule has 0 radical (unpaired) electrons. The van der Waals surface area contributed by atoms with E-state index in [4.69, 9.17) is 9.15 Å². The van der Waals surface area contributed by atoms with Gasteiger partial charge in [-0.1, -0.05) is 19.1 Å². The summed E-state index contributed by atoms with van der Waals surface area (Å²) in [5.74, 6) is -0.962. The Hall–Kier alpha value is -3.94. The summed E-state index contributed by atoms with van der Waals surface area (Å²) < 4.78 is 10.4. The third kappa shape index (κ3) is 5.07. The Morgan fingerprint density at radius 2 is 1.86 bits per heavy atom. The standard InChI is InChI=1S/C21H18N2O6/c1-2-14-4-3-5-16(12-14)22-20(24)13-28-21(25)19-11-10-18(29-19)15-6-8-17(9-7-15)23(26)27/h3-12H,2,13H2,1H3,(H,22,24). The molecule has 0 spiro atoms. The molecule has 0 saturated heterocycles. The fourth-order valence-electron chi connectivity index (χ4n) is 2.62. The van der Waals surface area contributed by atoms with E-state index in [1.54, 1.807) is 12.1 Å². The minimum atomic E-state index is -0.782. The number of nitro groups is 1. The summed E-state index contributed by atoms with van der Waals surface area (Å²) in [5, 5.41) is 13.4. The molecule has 1 heterocycles. The van der Waals surface area contributed by atoms with E-state index in [9.17, 15) is 19.7 Å². The van der Waals surface area contributed by atoms with Gasteiger partial charge in [-0.25, -0.2) is 4.79 Å². The molecule has 3 rings (SSSR count). The Kier molecular flexibility index (Phi) is 6.03. The third-order valence-corrected chi connectivity index (χ3v) is 4.12. The van der Waals surface area contributed by atoms with Crippen molar-refractivity contribution in [3.05, 3.63) is 82.1 Å². The Labute approximate surface area is 166 Å². The summed E-state index contributed by atoms with van der Waals surface area (Å²) in [6.07, 6.45) is 0.842.